The molecular formula is C20H26N3O4S+. The van der Waals surface area contributed by atoms with Crippen molar-refractivity contribution in [2.24, 2.45) is 0 Å². The second-order valence-corrected chi connectivity index (χ2v) is 7.62. The molecule has 1 aromatic carbocycles. The zero-order chi connectivity index (χ0) is 20.1. The van der Waals surface area contributed by atoms with Crippen molar-refractivity contribution < 1.29 is 24.0 Å². The van der Waals surface area contributed by atoms with Crippen LogP contribution in [0.5, 0.6) is 11.5 Å². The monoisotopic (exact) mass is 404 g/mol. The van der Waals surface area contributed by atoms with Crippen LogP contribution in [0.2, 0.25) is 0 Å². The van der Waals surface area contributed by atoms with E-state index in [0.717, 1.165) is 29.2 Å². The summed E-state index contributed by atoms with van der Waals surface area (Å²) in [5.74, 6) is 1.06. The lowest BCUT2D eigenvalue weighted by molar-refractivity contribution is -0.919. The summed E-state index contributed by atoms with van der Waals surface area (Å²) >= 11 is 1.68. The summed E-state index contributed by atoms with van der Waals surface area (Å²) in [5.41, 5.74) is 2.37. The second-order valence-electron chi connectivity index (χ2n) is 6.64. The number of hydrogen-bond acceptors (Lipinski definition) is 5. The van der Waals surface area contributed by atoms with Gasteiger partial charge in [0.1, 0.15) is 6.04 Å². The maximum Gasteiger partial charge on any atom is 0.275 e. The smallest absolute Gasteiger partial charge is 0.275 e. The normalized spacial score (nSPS) is 18.1. The molecule has 2 amide bonds. The Morgan fingerprint density at radius 2 is 1.96 bits per heavy atom. The quantitative estimate of drug-likeness (QED) is 0.614. The summed E-state index contributed by atoms with van der Waals surface area (Å²) in [7, 11) is 4.82. The molecule has 0 bridgehead atoms. The number of carbonyl (C=O) groups is 2. The van der Waals surface area contributed by atoms with E-state index in [1.54, 1.807) is 32.6 Å². The summed E-state index contributed by atoms with van der Waals surface area (Å²) < 4.78 is 11.0. The average Bonchev–Trinajstić information content (AvgIpc) is 3.24. The third-order valence-corrected chi connectivity index (χ3v) is 5.96. The highest BCUT2D eigenvalue weighted by atomic mass is 32.1. The van der Waals surface area contributed by atoms with Crippen LogP contribution in [0.15, 0.2) is 29.6 Å². The highest BCUT2D eigenvalue weighted by Gasteiger charge is 2.35. The minimum atomic E-state index is -0.209. The fraction of sp³-hybridized carbons (Fsp3) is 0.400. The molecule has 1 aliphatic rings. The van der Waals surface area contributed by atoms with Gasteiger partial charge in [-0.05, 0) is 29.1 Å². The Kier molecular flexibility index (Phi) is 6.53. The molecule has 0 saturated carbocycles. The number of ether oxygens (including phenoxy) is 2. The van der Waals surface area contributed by atoms with E-state index in [4.69, 9.17) is 9.47 Å². The van der Waals surface area contributed by atoms with Gasteiger partial charge >= 0.3 is 0 Å². The summed E-state index contributed by atoms with van der Waals surface area (Å²) in [4.78, 5) is 26.2. The number of quaternary nitrogens is 1. The summed E-state index contributed by atoms with van der Waals surface area (Å²) in [6.45, 7) is 1.11. The molecule has 0 aliphatic carbocycles. The van der Waals surface area contributed by atoms with Gasteiger partial charge in [0, 0.05) is 19.0 Å². The first-order valence-corrected chi connectivity index (χ1v) is 10.0. The van der Waals surface area contributed by atoms with Crippen molar-refractivity contribution >= 4 is 23.2 Å². The molecule has 1 aromatic heterocycles. The number of hydrogen-bond donors (Lipinski definition) is 3. The summed E-state index contributed by atoms with van der Waals surface area (Å²) in [5, 5.41) is 7.25. The van der Waals surface area contributed by atoms with Gasteiger partial charge in [0.2, 0.25) is 5.91 Å². The summed E-state index contributed by atoms with van der Waals surface area (Å²) in [6, 6.07) is 8.23. The first kappa shape index (κ1) is 20.2. The standard InChI is InChI=1S/C20H25N3O4S/c1-21-18(24)11-22-19(25)12-23-7-6-13-9-15(26-2)16(27-3)10-14(13)20(23)17-5-4-8-28-17/h4-5,8-10,20H,6-7,11-12H2,1-3H3,(H,21,24)(H,22,25)/p+1/t20-/m0/s1. The molecule has 1 aliphatic heterocycles. The largest absolute Gasteiger partial charge is 0.493 e. The molecule has 2 heterocycles. The molecular weight excluding hydrogens is 378 g/mol. The zero-order valence-corrected chi connectivity index (χ0v) is 17.2. The van der Waals surface area contributed by atoms with E-state index in [9.17, 15) is 9.59 Å². The van der Waals surface area contributed by atoms with Crippen LogP contribution in [-0.4, -0.2) is 52.7 Å². The number of thiophene rings is 1. The first-order chi connectivity index (χ1) is 13.6. The van der Waals surface area contributed by atoms with Gasteiger partial charge in [0.05, 0.1) is 32.2 Å². The van der Waals surface area contributed by atoms with E-state index in [1.807, 2.05) is 23.6 Å². The Morgan fingerprint density at radius 1 is 1.21 bits per heavy atom. The van der Waals surface area contributed by atoms with Crippen molar-refractivity contribution in [3.8, 4) is 11.5 Å². The van der Waals surface area contributed by atoms with Gasteiger partial charge in [0.25, 0.3) is 5.91 Å². The zero-order valence-electron chi connectivity index (χ0n) is 16.3. The predicted molar refractivity (Wildman–Crippen MR) is 107 cm³/mol. The fourth-order valence-corrected chi connectivity index (χ4v) is 4.52. The Labute approximate surface area is 168 Å². The van der Waals surface area contributed by atoms with Crippen LogP contribution >= 0.6 is 11.3 Å². The Bertz CT molecular complexity index is 838. The Hall–Kier alpha value is -2.58. The van der Waals surface area contributed by atoms with Crippen molar-refractivity contribution in [3.63, 3.8) is 0 Å². The topological polar surface area (TPSA) is 81.1 Å². The molecule has 0 radical (unpaired) electrons. The molecule has 3 N–H and O–H groups in total. The maximum atomic E-state index is 12.4. The molecule has 2 atom stereocenters. The molecule has 0 spiro atoms. The van der Waals surface area contributed by atoms with Crippen LogP contribution in [0.4, 0.5) is 0 Å². The average molecular weight is 405 g/mol. The Balaban J connectivity index is 1.88. The van der Waals surface area contributed by atoms with Gasteiger partial charge in [-0.25, -0.2) is 0 Å². The third-order valence-electron chi connectivity index (χ3n) is 5.02. The predicted octanol–water partition coefficient (Wildman–Crippen LogP) is 0.158. The number of carbonyl (C=O) groups excluding carboxylic acids is 2. The Morgan fingerprint density at radius 3 is 2.61 bits per heavy atom. The molecule has 1 unspecified atom stereocenters. The van der Waals surface area contributed by atoms with Gasteiger partial charge in [-0.3, -0.25) is 9.59 Å². The van der Waals surface area contributed by atoms with Crippen LogP contribution in [0.1, 0.15) is 22.0 Å². The summed E-state index contributed by atoms with van der Waals surface area (Å²) in [6.07, 6.45) is 0.843. The van der Waals surface area contributed by atoms with E-state index in [0.29, 0.717) is 12.3 Å². The molecule has 3 rings (SSSR count). The molecule has 28 heavy (non-hydrogen) atoms. The maximum absolute atomic E-state index is 12.4. The van der Waals surface area contributed by atoms with Crippen molar-refractivity contribution in [1.82, 2.24) is 10.6 Å². The lowest BCUT2D eigenvalue weighted by Crippen LogP contribution is -3.14. The molecule has 0 saturated heterocycles. The number of fused-ring (bicyclic) bond motifs is 1. The number of nitrogens with one attached hydrogen (secondary N) is 3. The number of methoxy groups -OCH3 is 2. The lowest BCUT2D eigenvalue weighted by Gasteiger charge is -2.34. The van der Waals surface area contributed by atoms with E-state index in [-0.39, 0.29) is 24.4 Å². The van der Waals surface area contributed by atoms with Crippen molar-refractivity contribution in [3.05, 3.63) is 45.6 Å². The van der Waals surface area contributed by atoms with Crippen molar-refractivity contribution in [2.75, 3.05) is 40.9 Å². The van der Waals surface area contributed by atoms with Gasteiger partial charge in [-0.15, -0.1) is 11.3 Å². The number of amides is 2. The SMILES string of the molecule is CNC(=O)CNC(=O)C[NH+]1CCc2cc(OC)c(OC)cc2[C@H]1c1cccs1. The lowest BCUT2D eigenvalue weighted by atomic mass is 9.91. The van der Waals surface area contributed by atoms with Gasteiger partial charge in [0.15, 0.2) is 18.0 Å². The molecule has 150 valence electrons. The van der Waals surface area contributed by atoms with Crippen LogP contribution in [0.3, 0.4) is 0 Å². The molecule has 0 fully saturated rings. The van der Waals surface area contributed by atoms with E-state index < -0.39 is 0 Å². The minimum Gasteiger partial charge on any atom is -0.493 e. The van der Waals surface area contributed by atoms with Crippen LogP contribution in [0, 0.1) is 0 Å². The van der Waals surface area contributed by atoms with Crippen LogP contribution in [0.25, 0.3) is 0 Å². The highest BCUT2D eigenvalue weighted by Crippen LogP contribution is 2.36. The van der Waals surface area contributed by atoms with E-state index >= 15 is 0 Å². The fourth-order valence-electron chi connectivity index (χ4n) is 3.62. The minimum absolute atomic E-state index is 0.00606. The van der Waals surface area contributed by atoms with Gasteiger partial charge in [-0.2, -0.15) is 0 Å². The molecule has 8 heteroatoms. The number of benzene rings is 1. The molecule has 7 nitrogen and oxygen atoms in total. The van der Waals surface area contributed by atoms with E-state index in [1.165, 1.54) is 10.4 Å². The van der Waals surface area contributed by atoms with Crippen LogP contribution < -0.4 is 25.0 Å². The van der Waals surface area contributed by atoms with Crippen molar-refractivity contribution in [1.29, 1.82) is 0 Å². The first-order valence-electron chi connectivity index (χ1n) is 9.17. The highest BCUT2D eigenvalue weighted by molar-refractivity contribution is 7.10. The van der Waals surface area contributed by atoms with Crippen molar-refractivity contribution in [2.45, 2.75) is 12.5 Å². The third kappa shape index (κ3) is 4.28. The number of rotatable bonds is 7. The van der Waals surface area contributed by atoms with Gasteiger partial charge < -0.3 is 25.0 Å². The second kappa shape index (κ2) is 9.07. The van der Waals surface area contributed by atoms with Crippen LogP contribution in [-0.2, 0) is 16.0 Å². The van der Waals surface area contributed by atoms with Gasteiger partial charge in [-0.1, -0.05) is 6.07 Å². The number of likely N-dealkylation sites (N-methyl/N-ethyl adjacent to an activating group) is 1. The molecule has 2 aromatic rings. The van der Waals surface area contributed by atoms with E-state index in [2.05, 4.69) is 16.7 Å².